The number of carbonyl (C=O) groups is 3. The highest BCUT2D eigenvalue weighted by Gasteiger charge is 2.51. The van der Waals surface area contributed by atoms with Crippen LogP contribution in [0.1, 0.15) is 29.5 Å². The van der Waals surface area contributed by atoms with E-state index in [0.29, 0.717) is 31.5 Å². The van der Waals surface area contributed by atoms with Gasteiger partial charge in [-0.25, -0.2) is 9.18 Å². The Kier molecular flexibility index (Phi) is 9.11. The number of hydrogen-bond acceptors (Lipinski definition) is 5. The summed E-state index contributed by atoms with van der Waals surface area (Å²) < 4.78 is 17.9. The number of methoxy groups -OCH3 is 1. The largest absolute Gasteiger partial charge is 0.453 e. The number of guanidine groups is 1. The molecule has 3 aromatic rings. The average molecular weight is 546 g/mol. The Labute approximate surface area is 232 Å². The molecule has 0 spiro atoms. The molecule has 0 aromatic heterocycles. The van der Waals surface area contributed by atoms with Crippen molar-refractivity contribution in [1.29, 1.82) is 5.41 Å². The first-order valence-corrected chi connectivity index (χ1v) is 13.0. The molecule has 208 valence electrons. The molecule has 9 nitrogen and oxygen atoms in total. The second-order valence-electron chi connectivity index (χ2n) is 9.43. The lowest BCUT2D eigenvalue weighted by Crippen LogP contribution is -2.48. The maximum absolute atomic E-state index is 13.8. The van der Waals surface area contributed by atoms with Gasteiger partial charge in [0.05, 0.1) is 7.11 Å². The van der Waals surface area contributed by atoms with E-state index in [1.54, 1.807) is 12.1 Å². The molecule has 3 aromatic carbocycles. The normalized spacial score (nSPS) is 14.8. The van der Waals surface area contributed by atoms with Crippen molar-refractivity contribution in [2.75, 3.05) is 20.2 Å². The van der Waals surface area contributed by atoms with Crippen molar-refractivity contribution in [3.8, 4) is 0 Å². The number of rotatable bonds is 11. The molecule has 1 aliphatic heterocycles. The van der Waals surface area contributed by atoms with Gasteiger partial charge in [-0.1, -0.05) is 72.8 Å². The van der Waals surface area contributed by atoms with Gasteiger partial charge in [0.15, 0.2) is 11.5 Å². The predicted octanol–water partition coefficient (Wildman–Crippen LogP) is 3.30. The maximum Gasteiger partial charge on any atom is 0.407 e. The molecule has 1 fully saturated rings. The number of benzene rings is 3. The number of ether oxygens (including phenoxy) is 1. The summed E-state index contributed by atoms with van der Waals surface area (Å²) in [5.74, 6) is -1.02. The zero-order chi connectivity index (χ0) is 28.5. The molecule has 40 heavy (non-hydrogen) atoms. The monoisotopic (exact) mass is 545 g/mol. The van der Waals surface area contributed by atoms with Gasteiger partial charge in [0, 0.05) is 19.5 Å². The molecule has 0 unspecified atom stereocenters. The van der Waals surface area contributed by atoms with E-state index in [0.717, 1.165) is 11.1 Å². The molecular weight excluding hydrogens is 513 g/mol. The van der Waals surface area contributed by atoms with Gasteiger partial charge in [-0.2, -0.15) is 0 Å². The lowest BCUT2D eigenvalue weighted by molar-refractivity contribution is -0.130. The van der Waals surface area contributed by atoms with Crippen molar-refractivity contribution >= 4 is 23.9 Å². The van der Waals surface area contributed by atoms with E-state index in [4.69, 9.17) is 5.41 Å². The maximum atomic E-state index is 13.8. The van der Waals surface area contributed by atoms with Crippen LogP contribution in [-0.2, 0) is 26.3 Å². The summed E-state index contributed by atoms with van der Waals surface area (Å²) in [5, 5.41) is 17.0. The molecule has 3 amide bonds. The van der Waals surface area contributed by atoms with E-state index in [1.165, 1.54) is 24.1 Å². The second-order valence-corrected chi connectivity index (χ2v) is 9.43. The molecule has 1 saturated heterocycles. The van der Waals surface area contributed by atoms with Crippen LogP contribution in [0.4, 0.5) is 9.18 Å². The van der Waals surface area contributed by atoms with Gasteiger partial charge in [0.2, 0.25) is 5.91 Å². The summed E-state index contributed by atoms with van der Waals surface area (Å²) in [7, 11) is 1.21. The summed E-state index contributed by atoms with van der Waals surface area (Å²) >= 11 is 0. The molecule has 4 N–H and O–H groups in total. The van der Waals surface area contributed by atoms with Crippen LogP contribution in [0.3, 0.4) is 0 Å². The topological polar surface area (TPSA) is 124 Å². The summed E-state index contributed by atoms with van der Waals surface area (Å²) in [4.78, 5) is 39.8. The minimum Gasteiger partial charge on any atom is -0.453 e. The van der Waals surface area contributed by atoms with Crippen LogP contribution >= 0.6 is 0 Å². The second kappa shape index (κ2) is 12.9. The summed E-state index contributed by atoms with van der Waals surface area (Å²) in [6, 6.07) is 23.5. The number of nitrogens with one attached hydrogen (secondary N) is 4. The lowest BCUT2D eigenvalue weighted by Gasteiger charge is -2.28. The van der Waals surface area contributed by atoms with E-state index in [2.05, 4.69) is 20.7 Å². The zero-order valence-electron chi connectivity index (χ0n) is 22.2. The molecule has 0 radical (unpaired) electrons. The fourth-order valence-corrected chi connectivity index (χ4v) is 4.75. The summed E-state index contributed by atoms with van der Waals surface area (Å²) in [5.41, 5.74) is 0.977. The first-order chi connectivity index (χ1) is 19.3. The average Bonchev–Trinajstić information content (AvgIpc) is 3.24. The smallest absolute Gasteiger partial charge is 0.407 e. The van der Waals surface area contributed by atoms with Crippen LogP contribution in [0.25, 0.3) is 0 Å². The predicted molar refractivity (Wildman–Crippen MR) is 148 cm³/mol. The number of carbonyl (C=O) groups excluding carboxylic acids is 3. The lowest BCUT2D eigenvalue weighted by atomic mass is 9.82. The van der Waals surface area contributed by atoms with Gasteiger partial charge in [-0.3, -0.25) is 19.9 Å². The molecule has 0 saturated carbocycles. The third-order valence-corrected chi connectivity index (χ3v) is 6.81. The highest BCUT2D eigenvalue weighted by molar-refractivity contribution is 6.10. The number of nitrogens with zero attached hydrogens (tertiary/aromatic N) is 1. The quantitative estimate of drug-likeness (QED) is 0.275. The molecule has 0 aliphatic carbocycles. The van der Waals surface area contributed by atoms with E-state index >= 15 is 0 Å². The zero-order valence-corrected chi connectivity index (χ0v) is 22.2. The molecule has 1 atom stereocenters. The van der Waals surface area contributed by atoms with E-state index in [1.807, 2.05) is 60.7 Å². The Bertz CT molecular complexity index is 1300. The molecule has 4 rings (SSSR count). The van der Waals surface area contributed by atoms with Crippen LogP contribution in [0, 0.1) is 11.2 Å². The summed E-state index contributed by atoms with van der Waals surface area (Å²) in [6.07, 6.45) is 0.477. The summed E-state index contributed by atoms with van der Waals surface area (Å²) in [6.45, 7) is 0.592. The Morgan fingerprint density at radius 3 is 2.15 bits per heavy atom. The first kappa shape index (κ1) is 28.3. The van der Waals surface area contributed by atoms with Crippen LogP contribution in [-0.4, -0.2) is 55.0 Å². The Hall–Kier alpha value is -4.73. The van der Waals surface area contributed by atoms with Crippen LogP contribution in [0.2, 0.25) is 0 Å². The van der Waals surface area contributed by atoms with Crippen LogP contribution in [0.15, 0.2) is 84.9 Å². The number of unbranched alkanes of at least 4 members (excludes halogenated alkanes) is 1. The van der Waals surface area contributed by atoms with E-state index in [-0.39, 0.29) is 18.3 Å². The van der Waals surface area contributed by atoms with Gasteiger partial charge >= 0.3 is 6.09 Å². The fraction of sp³-hybridized carbons (Fsp3) is 0.267. The van der Waals surface area contributed by atoms with Crippen molar-refractivity contribution in [1.82, 2.24) is 20.9 Å². The Morgan fingerprint density at radius 1 is 0.975 bits per heavy atom. The molecule has 10 heteroatoms. The van der Waals surface area contributed by atoms with E-state index in [9.17, 15) is 18.8 Å². The Balaban J connectivity index is 1.35. The van der Waals surface area contributed by atoms with Crippen LogP contribution < -0.4 is 16.0 Å². The minimum atomic E-state index is -1.19. The SMILES string of the molecule is COC(=O)N[C@@H](Cc1ccc(F)cc1)C(=O)NCCCCN1C(=N)NC(c2ccccc2)(c2ccccc2)C1=O. The number of halogens is 1. The molecule has 0 bridgehead atoms. The molecule has 1 heterocycles. The van der Waals surface area contributed by atoms with Gasteiger partial charge in [-0.15, -0.1) is 0 Å². The van der Waals surface area contributed by atoms with Crippen molar-refractivity contribution in [3.63, 3.8) is 0 Å². The van der Waals surface area contributed by atoms with Gasteiger partial charge in [0.25, 0.3) is 5.91 Å². The third kappa shape index (κ3) is 6.28. The van der Waals surface area contributed by atoms with Gasteiger partial charge in [-0.05, 0) is 41.7 Å². The highest BCUT2D eigenvalue weighted by Crippen LogP contribution is 2.35. The highest BCUT2D eigenvalue weighted by atomic mass is 19.1. The standard InChI is InChI=1S/C30H32FN5O4/c1-40-29(39)34-25(20-21-14-16-24(31)17-15-21)26(37)33-18-8-9-19-36-27(38)30(35-28(36)32,22-10-4-2-5-11-22)23-12-6-3-7-13-23/h2-7,10-17,25H,8-9,18-20H2,1H3,(H2,32,35)(H,33,37)(H,34,39)/t25-/m0/s1. The number of alkyl carbamates (subject to hydrolysis) is 1. The molecular formula is C30H32FN5O4. The number of hydrogen-bond donors (Lipinski definition) is 4. The van der Waals surface area contributed by atoms with Crippen molar-refractivity contribution in [3.05, 3.63) is 107 Å². The van der Waals surface area contributed by atoms with Crippen molar-refractivity contribution < 1.29 is 23.5 Å². The van der Waals surface area contributed by atoms with Gasteiger partial charge in [0.1, 0.15) is 11.9 Å². The van der Waals surface area contributed by atoms with Crippen molar-refractivity contribution in [2.24, 2.45) is 0 Å². The minimum absolute atomic E-state index is 0.0170. The molecule has 1 aliphatic rings. The first-order valence-electron chi connectivity index (χ1n) is 13.0. The Morgan fingerprint density at radius 2 is 1.57 bits per heavy atom. The van der Waals surface area contributed by atoms with Crippen molar-refractivity contribution in [2.45, 2.75) is 30.8 Å². The van der Waals surface area contributed by atoms with Gasteiger partial charge < -0.3 is 20.7 Å². The van der Waals surface area contributed by atoms with E-state index < -0.39 is 29.4 Å². The van der Waals surface area contributed by atoms with Crippen LogP contribution in [0.5, 0.6) is 0 Å². The third-order valence-electron chi connectivity index (χ3n) is 6.81. The number of amides is 3. The fourth-order valence-electron chi connectivity index (χ4n) is 4.75.